The molecule has 2 aliphatic rings. The van der Waals surface area contributed by atoms with Gasteiger partial charge in [0.2, 0.25) is 0 Å². The smallest absolute Gasteiger partial charge is 0.0455 e. The van der Waals surface area contributed by atoms with E-state index in [9.17, 15) is 0 Å². The van der Waals surface area contributed by atoms with Gasteiger partial charge < -0.3 is 0 Å². The van der Waals surface area contributed by atoms with Crippen LogP contribution in [-0.4, -0.2) is 23.5 Å². The van der Waals surface area contributed by atoms with Crippen molar-refractivity contribution < 1.29 is 0 Å². The van der Waals surface area contributed by atoms with Gasteiger partial charge in [-0.3, -0.25) is 9.88 Å². The van der Waals surface area contributed by atoms with Crippen LogP contribution in [0.2, 0.25) is 0 Å². The van der Waals surface area contributed by atoms with Crippen molar-refractivity contribution in [2.24, 2.45) is 5.92 Å². The lowest BCUT2D eigenvalue weighted by atomic mass is 10.0. The number of nitrogens with zero attached hydrogens (tertiary/aromatic N) is 2. The summed E-state index contributed by atoms with van der Waals surface area (Å²) >= 11 is 0. The number of aromatic nitrogens is 1. The lowest BCUT2D eigenvalue weighted by Crippen LogP contribution is -2.18. The van der Waals surface area contributed by atoms with Gasteiger partial charge in [0.1, 0.15) is 0 Å². The predicted octanol–water partition coefficient (Wildman–Crippen LogP) is 1.63. The lowest BCUT2D eigenvalue weighted by Gasteiger charge is -2.18. The number of hydrogen-bond acceptors (Lipinski definition) is 2. The van der Waals surface area contributed by atoms with Gasteiger partial charge in [0.05, 0.1) is 0 Å². The first kappa shape index (κ1) is 7.51. The van der Waals surface area contributed by atoms with Crippen molar-refractivity contribution in [3.63, 3.8) is 0 Å². The molecular weight excluding hydrogens is 160 g/mol. The molecule has 0 unspecified atom stereocenters. The monoisotopic (exact) mass is 174 g/mol. The van der Waals surface area contributed by atoms with E-state index in [2.05, 4.69) is 29.1 Å². The van der Waals surface area contributed by atoms with Gasteiger partial charge in [0, 0.05) is 17.9 Å². The highest BCUT2D eigenvalue weighted by atomic mass is 15.2. The van der Waals surface area contributed by atoms with Crippen LogP contribution in [0.3, 0.4) is 0 Å². The van der Waals surface area contributed by atoms with Gasteiger partial charge in [-0.1, -0.05) is 6.07 Å². The highest BCUT2D eigenvalue weighted by Gasteiger charge is 2.39. The summed E-state index contributed by atoms with van der Waals surface area (Å²) in [6.07, 6.45) is 4.46. The highest BCUT2D eigenvalue weighted by molar-refractivity contribution is 5.31. The van der Waals surface area contributed by atoms with Gasteiger partial charge in [0.15, 0.2) is 0 Å². The van der Waals surface area contributed by atoms with Crippen molar-refractivity contribution in [2.75, 3.05) is 13.6 Å². The van der Waals surface area contributed by atoms with Crippen LogP contribution < -0.4 is 0 Å². The Morgan fingerprint density at radius 2 is 2.46 bits per heavy atom. The van der Waals surface area contributed by atoms with Crippen LogP contribution in [0.4, 0.5) is 0 Å². The largest absolute Gasteiger partial charge is 0.299 e. The van der Waals surface area contributed by atoms with E-state index < -0.39 is 0 Å². The predicted molar refractivity (Wildman–Crippen MR) is 51.4 cm³/mol. The molecule has 1 aromatic rings. The zero-order valence-electron chi connectivity index (χ0n) is 7.90. The Morgan fingerprint density at radius 3 is 3.38 bits per heavy atom. The van der Waals surface area contributed by atoms with E-state index in [1.54, 1.807) is 0 Å². The third-order valence-corrected chi connectivity index (χ3v) is 3.47. The Morgan fingerprint density at radius 1 is 1.54 bits per heavy atom. The van der Waals surface area contributed by atoms with Gasteiger partial charge in [0.25, 0.3) is 0 Å². The average Bonchev–Trinajstić information content (AvgIpc) is 2.66. The zero-order chi connectivity index (χ0) is 8.84. The SMILES string of the molecule is CN1CC[C@@H]2Cc3ncccc3[C@@H]21. The van der Waals surface area contributed by atoms with Crippen molar-refractivity contribution in [3.8, 4) is 0 Å². The highest BCUT2D eigenvalue weighted by Crippen LogP contribution is 2.44. The first-order valence-electron chi connectivity index (χ1n) is 5.00. The van der Waals surface area contributed by atoms with Crippen molar-refractivity contribution in [1.82, 2.24) is 9.88 Å². The Labute approximate surface area is 78.6 Å². The van der Waals surface area contributed by atoms with E-state index in [4.69, 9.17) is 0 Å². The molecule has 0 amide bonds. The molecule has 1 fully saturated rings. The van der Waals surface area contributed by atoms with Crippen molar-refractivity contribution in [1.29, 1.82) is 0 Å². The minimum atomic E-state index is 0.670. The molecule has 13 heavy (non-hydrogen) atoms. The number of fused-ring (bicyclic) bond motifs is 3. The van der Waals surface area contributed by atoms with Crippen molar-refractivity contribution >= 4 is 0 Å². The maximum absolute atomic E-state index is 4.45. The number of likely N-dealkylation sites (tertiary alicyclic amines) is 1. The molecule has 0 radical (unpaired) electrons. The second-order valence-electron chi connectivity index (χ2n) is 4.22. The number of rotatable bonds is 0. The summed E-state index contributed by atoms with van der Waals surface area (Å²) in [5.41, 5.74) is 2.82. The third-order valence-electron chi connectivity index (χ3n) is 3.47. The molecular formula is C11H14N2. The van der Waals surface area contributed by atoms with E-state index in [0.29, 0.717) is 6.04 Å². The van der Waals surface area contributed by atoms with Crippen LogP contribution in [0.1, 0.15) is 23.7 Å². The van der Waals surface area contributed by atoms with Crippen LogP contribution in [0, 0.1) is 5.92 Å². The number of hydrogen-bond donors (Lipinski definition) is 0. The summed E-state index contributed by atoms with van der Waals surface area (Å²) in [4.78, 5) is 6.92. The molecule has 0 aromatic carbocycles. The lowest BCUT2D eigenvalue weighted by molar-refractivity contribution is 0.292. The minimum Gasteiger partial charge on any atom is -0.299 e. The fraction of sp³-hybridized carbons (Fsp3) is 0.545. The zero-order valence-corrected chi connectivity index (χ0v) is 7.90. The molecule has 0 bridgehead atoms. The molecule has 2 nitrogen and oxygen atoms in total. The van der Waals surface area contributed by atoms with Crippen LogP contribution >= 0.6 is 0 Å². The van der Waals surface area contributed by atoms with E-state index in [1.165, 1.54) is 30.6 Å². The standard InChI is InChI=1S/C11H14N2/c1-13-6-4-8-7-10-9(11(8)13)3-2-5-12-10/h2-3,5,8,11H,4,6-7H2,1H3/t8-,11-/m1/s1. The first-order chi connectivity index (χ1) is 6.36. The molecule has 2 heteroatoms. The third kappa shape index (κ3) is 0.953. The van der Waals surface area contributed by atoms with Gasteiger partial charge in [-0.2, -0.15) is 0 Å². The summed E-state index contributed by atoms with van der Waals surface area (Å²) < 4.78 is 0. The molecule has 1 aromatic heterocycles. The van der Waals surface area contributed by atoms with Crippen LogP contribution in [0.15, 0.2) is 18.3 Å². The molecule has 2 atom stereocenters. The maximum atomic E-state index is 4.45. The average molecular weight is 174 g/mol. The van der Waals surface area contributed by atoms with Crippen LogP contribution in [0.5, 0.6) is 0 Å². The fourth-order valence-electron chi connectivity index (χ4n) is 2.87. The summed E-state index contributed by atoms with van der Waals surface area (Å²) in [5, 5.41) is 0. The second kappa shape index (κ2) is 2.55. The van der Waals surface area contributed by atoms with Crippen molar-refractivity contribution in [3.05, 3.63) is 29.6 Å². The summed E-state index contributed by atoms with van der Waals surface area (Å²) in [7, 11) is 2.23. The maximum Gasteiger partial charge on any atom is 0.0455 e. The van der Waals surface area contributed by atoms with E-state index in [1.807, 2.05) is 6.20 Å². The van der Waals surface area contributed by atoms with Gasteiger partial charge in [-0.15, -0.1) is 0 Å². The Balaban J connectivity index is 2.08. The summed E-state index contributed by atoms with van der Waals surface area (Å²) in [5.74, 6) is 0.842. The Kier molecular flexibility index (Phi) is 1.47. The first-order valence-corrected chi connectivity index (χ1v) is 5.00. The quantitative estimate of drug-likeness (QED) is 0.594. The van der Waals surface area contributed by atoms with E-state index in [-0.39, 0.29) is 0 Å². The van der Waals surface area contributed by atoms with E-state index >= 15 is 0 Å². The molecule has 1 aliphatic carbocycles. The van der Waals surface area contributed by atoms with Crippen molar-refractivity contribution in [2.45, 2.75) is 18.9 Å². The topological polar surface area (TPSA) is 16.1 Å². The summed E-state index contributed by atoms with van der Waals surface area (Å²) in [6.45, 7) is 1.25. The minimum absolute atomic E-state index is 0.670. The van der Waals surface area contributed by atoms with Gasteiger partial charge in [-0.25, -0.2) is 0 Å². The van der Waals surface area contributed by atoms with Gasteiger partial charge >= 0.3 is 0 Å². The molecule has 68 valence electrons. The molecule has 1 aliphatic heterocycles. The van der Waals surface area contributed by atoms with Crippen LogP contribution in [-0.2, 0) is 6.42 Å². The molecule has 2 heterocycles. The van der Waals surface area contributed by atoms with Gasteiger partial charge in [-0.05, 0) is 44.0 Å². The molecule has 0 N–H and O–H groups in total. The molecule has 0 saturated carbocycles. The molecule has 0 spiro atoms. The second-order valence-corrected chi connectivity index (χ2v) is 4.22. The molecule has 1 saturated heterocycles. The normalized spacial score (nSPS) is 31.8. The summed E-state index contributed by atoms with van der Waals surface area (Å²) in [6, 6.07) is 4.98. The van der Waals surface area contributed by atoms with E-state index in [0.717, 1.165) is 5.92 Å². The van der Waals surface area contributed by atoms with Crippen LogP contribution in [0.25, 0.3) is 0 Å². The Bertz CT molecular complexity index is 335. The fourth-order valence-corrected chi connectivity index (χ4v) is 2.87. The number of pyridine rings is 1. The molecule has 3 rings (SSSR count). The Hall–Kier alpha value is -0.890.